The van der Waals surface area contributed by atoms with E-state index < -0.39 is 35.1 Å². The van der Waals surface area contributed by atoms with Gasteiger partial charge in [0.05, 0.1) is 17.8 Å². The van der Waals surface area contributed by atoms with Crippen molar-refractivity contribution in [2.45, 2.75) is 118 Å². The quantitative estimate of drug-likeness (QED) is 0.255. The second-order valence-electron chi connectivity index (χ2n) is 16.7. The van der Waals surface area contributed by atoms with Crippen LogP contribution in [0.2, 0.25) is 0 Å². The number of carbonyl (C=O) groups is 1. The molecule has 5 saturated carbocycles. The summed E-state index contributed by atoms with van der Waals surface area (Å²) in [6.07, 6.45) is 6.32. The van der Waals surface area contributed by atoms with Crippen LogP contribution in [-0.4, -0.2) is 39.6 Å². The van der Waals surface area contributed by atoms with Gasteiger partial charge in [0.15, 0.2) is 0 Å². The second-order valence-corrected chi connectivity index (χ2v) is 16.7. The van der Waals surface area contributed by atoms with Crippen molar-refractivity contribution in [3.63, 3.8) is 0 Å². The highest BCUT2D eigenvalue weighted by Crippen LogP contribution is 2.78. The van der Waals surface area contributed by atoms with Crippen molar-refractivity contribution in [3.8, 4) is 5.75 Å². The zero-order chi connectivity index (χ0) is 30.6. The van der Waals surface area contributed by atoms with Crippen LogP contribution >= 0.6 is 0 Å². The summed E-state index contributed by atoms with van der Waals surface area (Å²) in [5.41, 5.74) is 0.629. The van der Waals surface area contributed by atoms with E-state index in [1.54, 1.807) is 12.1 Å². The lowest BCUT2D eigenvalue weighted by Gasteiger charge is -2.75. The highest BCUT2D eigenvalue weighted by Gasteiger charge is 2.76. The van der Waals surface area contributed by atoms with Crippen LogP contribution < -0.4 is 0 Å². The van der Waals surface area contributed by atoms with Crippen LogP contribution in [0.5, 0.6) is 5.75 Å². The van der Waals surface area contributed by atoms with Gasteiger partial charge in [-0.1, -0.05) is 53.7 Å². The molecule has 0 amide bonds. The number of esters is 1. The molecule has 0 spiro atoms. The van der Waals surface area contributed by atoms with Gasteiger partial charge < -0.3 is 20.1 Å². The number of benzene rings is 1. The van der Waals surface area contributed by atoms with Gasteiger partial charge in [-0.05, 0) is 128 Å². The number of allylic oxidation sites excluding steroid dienone is 1. The molecule has 5 aliphatic carbocycles. The lowest BCUT2D eigenvalue weighted by atomic mass is 9.30. The molecular weight excluding hydrogens is 524 g/mol. The third kappa shape index (κ3) is 3.77. The fourth-order valence-corrected chi connectivity index (χ4v) is 12.8. The molecule has 1 aromatic rings. The van der Waals surface area contributed by atoms with Crippen LogP contribution in [0, 0.1) is 56.7 Å². The van der Waals surface area contributed by atoms with Crippen molar-refractivity contribution in [3.05, 3.63) is 42.0 Å². The maximum absolute atomic E-state index is 13.8. The number of hydrogen-bond acceptors (Lipinski definition) is 5. The standard InChI is InChI=1S/C37H54O5/c1-21(2)24-15-18-34(5)25(24)16-20-36(7)26(34)13-14-27-35(6)19-17-28(39)33(3,4)30(35)29(40)31(37(27,36)8)42-32(41)22-9-11-23(38)12-10-22/h9-12,24-31,38-40H,1,13-20H2,2-8H3/t24-,25-,26+,27+,28-,29-,30-,31-,34-,35+,36+,37-/m0/s1. The lowest BCUT2D eigenvalue weighted by molar-refractivity contribution is -0.316. The van der Waals surface area contributed by atoms with Crippen molar-refractivity contribution in [2.75, 3.05) is 0 Å². The van der Waals surface area contributed by atoms with Gasteiger partial charge in [0, 0.05) is 11.3 Å². The third-order valence-corrected chi connectivity index (χ3v) is 14.9. The first-order valence-corrected chi connectivity index (χ1v) is 16.5. The molecule has 1 aromatic carbocycles. The summed E-state index contributed by atoms with van der Waals surface area (Å²) in [7, 11) is 0. The number of carbonyl (C=O) groups excluding carboxylic acids is 1. The summed E-state index contributed by atoms with van der Waals surface area (Å²) in [6.45, 7) is 20.5. The summed E-state index contributed by atoms with van der Waals surface area (Å²) < 4.78 is 6.58. The van der Waals surface area contributed by atoms with E-state index >= 15 is 0 Å². The number of hydrogen-bond donors (Lipinski definition) is 3. The maximum Gasteiger partial charge on any atom is 0.338 e. The molecule has 6 rings (SSSR count). The Labute approximate surface area is 253 Å². The molecule has 0 unspecified atom stereocenters. The van der Waals surface area contributed by atoms with Gasteiger partial charge >= 0.3 is 5.97 Å². The molecule has 5 aliphatic rings. The smallest absolute Gasteiger partial charge is 0.338 e. The van der Waals surface area contributed by atoms with E-state index in [0.29, 0.717) is 23.3 Å². The highest BCUT2D eigenvalue weighted by atomic mass is 16.6. The average Bonchev–Trinajstić information content (AvgIpc) is 3.27. The van der Waals surface area contributed by atoms with E-state index in [9.17, 15) is 20.1 Å². The first-order chi connectivity index (χ1) is 19.5. The number of aliphatic hydroxyl groups is 2. The van der Waals surface area contributed by atoms with Gasteiger partial charge in [0.25, 0.3) is 0 Å². The predicted octanol–water partition coefficient (Wildman–Crippen LogP) is 7.54. The Morgan fingerprint density at radius 1 is 0.857 bits per heavy atom. The number of aromatic hydroxyl groups is 1. The molecule has 232 valence electrons. The monoisotopic (exact) mass is 578 g/mol. The van der Waals surface area contributed by atoms with Gasteiger partial charge in [-0.2, -0.15) is 0 Å². The van der Waals surface area contributed by atoms with E-state index in [1.165, 1.54) is 30.5 Å². The molecule has 12 atom stereocenters. The number of phenolic OH excluding ortho intramolecular Hbond substituents is 1. The van der Waals surface area contributed by atoms with E-state index in [4.69, 9.17) is 4.74 Å². The summed E-state index contributed by atoms with van der Waals surface area (Å²) in [5, 5.41) is 33.6. The van der Waals surface area contributed by atoms with Gasteiger partial charge in [0.2, 0.25) is 0 Å². The molecule has 0 aromatic heterocycles. The van der Waals surface area contributed by atoms with Crippen molar-refractivity contribution in [1.82, 2.24) is 0 Å². The second kappa shape index (κ2) is 9.57. The minimum atomic E-state index is -0.893. The van der Waals surface area contributed by atoms with Gasteiger partial charge in [-0.25, -0.2) is 4.79 Å². The number of phenols is 1. The number of fused-ring (bicyclic) bond motifs is 7. The highest BCUT2D eigenvalue weighted by molar-refractivity contribution is 5.89. The Kier molecular flexibility index (Phi) is 6.88. The Morgan fingerprint density at radius 3 is 2.12 bits per heavy atom. The maximum atomic E-state index is 13.8. The molecular formula is C37H54O5. The van der Waals surface area contributed by atoms with E-state index in [2.05, 4.69) is 55.0 Å². The lowest BCUT2D eigenvalue weighted by Crippen LogP contribution is -2.75. The Morgan fingerprint density at radius 2 is 1.48 bits per heavy atom. The minimum Gasteiger partial charge on any atom is -0.508 e. The van der Waals surface area contributed by atoms with Crippen molar-refractivity contribution in [2.24, 2.45) is 56.7 Å². The Hall–Kier alpha value is -1.85. The van der Waals surface area contributed by atoms with Crippen LogP contribution in [0.1, 0.15) is 110 Å². The van der Waals surface area contributed by atoms with Crippen LogP contribution in [0.25, 0.3) is 0 Å². The molecule has 0 bridgehead atoms. The average molecular weight is 579 g/mol. The number of aliphatic hydroxyl groups excluding tert-OH is 2. The predicted molar refractivity (Wildman–Crippen MR) is 165 cm³/mol. The number of ether oxygens (including phenoxy) is 1. The minimum absolute atomic E-state index is 0.0993. The van der Waals surface area contributed by atoms with Crippen LogP contribution in [0.15, 0.2) is 36.4 Å². The van der Waals surface area contributed by atoms with Gasteiger partial charge in [-0.15, -0.1) is 0 Å². The third-order valence-electron chi connectivity index (χ3n) is 14.9. The number of rotatable bonds is 3. The SMILES string of the molecule is C=C(C)[C@@H]1CC[C@]2(C)[C@H]3CC[C@@H]4[C@@]5(C)CC[C@H](O)C(C)(C)[C@@H]5[C@H](O)[C@H](OC(=O)c5ccc(O)cc5)[C@@]4(C)[C@]3(C)CC[C@@H]12. The molecule has 0 aliphatic heterocycles. The van der Waals surface area contributed by atoms with E-state index in [0.717, 1.165) is 38.5 Å². The van der Waals surface area contributed by atoms with Gasteiger partial charge in [-0.3, -0.25) is 0 Å². The molecule has 5 heteroatoms. The summed E-state index contributed by atoms with van der Waals surface area (Å²) >= 11 is 0. The molecule has 0 radical (unpaired) electrons. The van der Waals surface area contributed by atoms with Crippen LogP contribution in [0.3, 0.4) is 0 Å². The Bertz CT molecular complexity index is 1250. The molecule has 5 fully saturated rings. The van der Waals surface area contributed by atoms with Crippen molar-refractivity contribution < 1.29 is 24.9 Å². The first-order valence-electron chi connectivity index (χ1n) is 16.5. The normalized spacial score (nSPS) is 49.2. The largest absolute Gasteiger partial charge is 0.508 e. The summed E-state index contributed by atoms with van der Waals surface area (Å²) in [4.78, 5) is 13.8. The summed E-state index contributed by atoms with van der Waals surface area (Å²) in [5.74, 6) is 1.38. The van der Waals surface area contributed by atoms with Crippen molar-refractivity contribution >= 4 is 5.97 Å². The molecule has 0 heterocycles. The zero-order valence-electron chi connectivity index (χ0n) is 27.0. The fraction of sp³-hybridized carbons (Fsp3) is 0.757. The molecule has 3 N–H and O–H groups in total. The fourth-order valence-electron chi connectivity index (χ4n) is 12.8. The molecule has 42 heavy (non-hydrogen) atoms. The van der Waals surface area contributed by atoms with Crippen LogP contribution in [-0.2, 0) is 4.74 Å². The first kappa shape index (κ1) is 30.2. The Balaban J connectivity index is 1.48. The van der Waals surface area contributed by atoms with Crippen LogP contribution in [0.4, 0.5) is 0 Å². The molecule has 0 saturated heterocycles. The van der Waals surface area contributed by atoms with Gasteiger partial charge in [0.1, 0.15) is 11.9 Å². The van der Waals surface area contributed by atoms with E-state index in [1.807, 2.05) is 0 Å². The zero-order valence-corrected chi connectivity index (χ0v) is 27.0. The van der Waals surface area contributed by atoms with Crippen molar-refractivity contribution in [1.29, 1.82) is 0 Å². The summed E-state index contributed by atoms with van der Waals surface area (Å²) in [6, 6.07) is 6.21. The molecule has 5 nitrogen and oxygen atoms in total. The topological polar surface area (TPSA) is 87.0 Å². The van der Waals surface area contributed by atoms with E-state index in [-0.39, 0.29) is 33.8 Å².